The molecule has 0 saturated heterocycles. The van der Waals surface area contributed by atoms with Gasteiger partial charge in [-0.1, -0.05) is 13.0 Å². The van der Waals surface area contributed by atoms with Crippen molar-refractivity contribution in [3.05, 3.63) is 23.8 Å². The number of nitrogens with zero attached hydrogens (tertiary/aromatic N) is 1. The Morgan fingerprint density at radius 2 is 2.14 bits per heavy atom. The maximum absolute atomic E-state index is 12.6. The summed E-state index contributed by atoms with van der Waals surface area (Å²) in [7, 11) is 1.54. The van der Waals surface area contributed by atoms with Gasteiger partial charge in [-0.2, -0.15) is 0 Å². The molecule has 6 heteroatoms. The first-order valence-corrected chi connectivity index (χ1v) is 7.41. The van der Waals surface area contributed by atoms with Crippen LogP contribution in [0.5, 0.6) is 5.75 Å². The number of hydrogen-bond donors (Lipinski definition) is 2. The van der Waals surface area contributed by atoms with Gasteiger partial charge in [-0.05, 0) is 38.0 Å². The van der Waals surface area contributed by atoms with Gasteiger partial charge >= 0.3 is 0 Å². The molecule has 1 aliphatic rings. The topological polar surface area (TPSA) is 84.7 Å². The molecule has 6 nitrogen and oxygen atoms in total. The SMILES string of the molecule is CCC(N)c1ccc2c(c1)N(CC(=O)NC)C(=O)C(C)(C)O2. The number of anilines is 1. The second-order valence-electron chi connectivity index (χ2n) is 5.92. The van der Waals surface area contributed by atoms with Crippen LogP contribution in [0.15, 0.2) is 18.2 Å². The van der Waals surface area contributed by atoms with Gasteiger partial charge in [-0.3, -0.25) is 14.5 Å². The van der Waals surface area contributed by atoms with Crippen LogP contribution in [0.25, 0.3) is 0 Å². The van der Waals surface area contributed by atoms with Crippen molar-refractivity contribution in [1.29, 1.82) is 0 Å². The van der Waals surface area contributed by atoms with Gasteiger partial charge in [0.05, 0.1) is 5.69 Å². The van der Waals surface area contributed by atoms with E-state index in [0.29, 0.717) is 11.4 Å². The van der Waals surface area contributed by atoms with Gasteiger partial charge in [-0.25, -0.2) is 0 Å². The summed E-state index contributed by atoms with van der Waals surface area (Å²) in [6.45, 7) is 5.35. The quantitative estimate of drug-likeness (QED) is 0.879. The Morgan fingerprint density at radius 3 is 2.73 bits per heavy atom. The first-order chi connectivity index (χ1) is 10.3. The van der Waals surface area contributed by atoms with Crippen LogP contribution in [0.2, 0.25) is 0 Å². The molecule has 2 amide bonds. The number of rotatable bonds is 4. The van der Waals surface area contributed by atoms with Crippen LogP contribution in [0.3, 0.4) is 0 Å². The smallest absolute Gasteiger partial charge is 0.271 e. The van der Waals surface area contributed by atoms with Crippen LogP contribution in [0.4, 0.5) is 5.69 Å². The minimum absolute atomic E-state index is 0.0417. The molecule has 0 bridgehead atoms. The molecule has 0 aliphatic carbocycles. The average molecular weight is 305 g/mol. The van der Waals surface area contributed by atoms with Gasteiger partial charge in [-0.15, -0.1) is 0 Å². The van der Waals surface area contributed by atoms with E-state index in [4.69, 9.17) is 10.5 Å². The van der Waals surface area contributed by atoms with Crippen molar-refractivity contribution in [1.82, 2.24) is 5.32 Å². The van der Waals surface area contributed by atoms with Gasteiger partial charge in [0, 0.05) is 13.1 Å². The monoisotopic (exact) mass is 305 g/mol. The number of nitrogens with two attached hydrogens (primary N) is 1. The highest BCUT2D eigenvalue weighted by atomic mass is 16.5. The number of amides is 2. The predicted octanol–water partition coefficient (Wildman–Crippen LogP) is 1.35. The molecule has 0 aromatic heterocycles. The molecule has 1 atom stereocenters. The number of hydrogen-bond acceptors (Lipinski definition) is 4. The van der Waals surface area contributed by atoms with Crippen LogP contribution >= 0.6 is 0 Å². The second kappa shape index (κ2) is 5.96. The Morgan fingerprint density at radius 1 is 1.45 bits per heavy atom. The van der Waals surface area contributed by atoms with E-state index >= 15 is 0 Å². The van der Waals surface area contributed by atoms with Crippen LogP contribution in [-0.4, -0.2) is 31.0 Å². The first-order valence-electron chi connectivity index (χ1n) is 7.41. The summed E-state index contributed by atoms with van der Waals surface area (Å²) >= 11 is 0. The molecule has 0 saturated carbocycles. The van der Waals surface area contributed by atoms with Crippen molar-refractivity contribution in [2.24, 2.45) is 5.73 Å². The number of carbonyl (C=O) groups is 2. The molecular weight excluding hydrogens is 282 g/mol. The van der Waals surface area contributed by atoms with Crippen molar-refractivity contribution in [3.8, 4) is 5.75 Å². The summed E-state index contributed by atoms with van der Waals surface area (Å²) in [5, 5.41) is 2.54. The van der Waals surface area contributed by atoms with E-state index in [-0.39, 0.29) is 24.4 Å². The Bertz CT molecular complexity index is 598. The highest BCUT2D eigenvalue weighted by Crippen LogP contribution is 2.39. The first kappa shape index (κ1) is 16.3. The van der Waals surface area contributed by atoms with Crippen molar-refractivity contribution < 1.29 is 14.3 Å². The zero-order chi connectivity index (χ0) is 16.5. The number of nitrogens with one attached hydrogen (secondary N) is 1. The fourth-order valence-corrected chi connectivity index (χ4v) is 2.43. The highest BCUT2D eigenvalue weighted by molar-refractivity contribution is 6.05. The molecule has 1 unspecified atom stereocenters. The molecule has 1 aromatic carbocycles. The Balaban J connectivity index is 2.48. The lowest BCUT2D eigenvalue weighted by molar-refractivity contribution is -0.134. The number of fused-ring (bicyclic) bond motifs is 1. The maximum Gasteiger partial charge on any atom is 0.271 e. The van der Waals surface area contributed by atoms with Crippen molar-refractivity contribution >= 4 is 17.5 Å². The standard InChI is InChI=1S/C16H23N3O3/c1-5-11(17)10-6-7-13-12(8-10)19(9-14(20)18-4)15(21)16(2,3)22-13/h6-8,11H,5,9,17H2,1-4H3,(H,18,20). The summed E-state index contributed by atoms with van der Waals surface area (Å²) in [5.41, 5.74) is 6.57. The highest BCUT2D eigenvalue weighted by Gasteiger charge is 2.41. The molecule has 2 rings (SSSR count). The molecule has 120 valence electrons. The molecule has 22 heavy (non-hydrogen) atoms. The molecular formula is C16H23N3O3. The van der Waals surface area contributed by atoms with E-state index in [1.165, 1.54) is 4.90 Å². The molecule has 0 fully saturated rings. The van der Waals surface area contributed by atoms with E-state index in [9.17, 15) is 9.59 Å². The summed E-state index contributed by atoms with van der Waals surface area (Å²) < 4.78 is 5.78. The van der Waals surface area contributed by atoms with Gasteiger partial charge in [0.1, 0.15) is 12.3 Å². The molecule has 1 heterocycles. The lowest BCUT2D eigenvalue weighted by atomic mass is 10.00. The molecule has 3 N–H and O–H groups in total. The lowest BCUT2D eigenvalue weighted by Gasteiger charge is -2.38. The van der Waals surface area contributed by atoms with Crippen LogP contribution in [0, 0.1) is 0 Å². The van der Waals surface area contributed by atoms with E-state index in [2.05, 4.69) is 5.32 Å². The maximum atomic E-state index is 12.6. The zero-order valence-corrected chi connectivity index (χ0v) is 13.5. The third-order valence-electron chi connectivity index (χ3n) is 3.85. The van der Waals surface area contributed by atoms with Crippen molar-refractivity contribution in [2.45, 2.75) is 38.8 Å². The minimum Gasteiger partial charge on any atom is -0.476 e. The van der Waals surface area contributed by atoms with Crippen LogP contribution < -0.4 is 20.7 Å². The van der Waals surface area contributed by atoms with E-state index in [0.717, 1.165) is 12.0 Å². The Labute approximate surface area is 130 Å². The third kappa shape index (κ3) is 2.92. The molecule has 0 radical (unpaired) electrons. The summed E-state index contributed by atoms with van der Waals surface area (Å²) in [4.78, 5) is 25.8. The summed E-state index contributed by atoms with van der Waals surface area (Å²) in [6.07, 6.45) is 0.786. The van der Waals surface area contributed by atoms with E-state index < -0.39 is 5.60 Å². The average Bonchev–Trinajstić information content (AvgIpc) is 2.50. The van der Waals surface area contributed by atoms with Gasteiger partial charge < -0.3 is 15.8 Å². The van der Waals surface area contributed by atoms with Crippen LogP contribution in [0.1, 0.15) is 38.8 Å². The molecule has 0 spiro atoms. The fourth-order valence-electron chi connectivity index (χ4n) is 2.43. The second-order valence-corrected chi connectivity index (χ2v) is 5.92. The van der Waals surface area contributed by atoms with Crippen molar-refractivity contribution in [3.63, 3.8) is 0 Å². The van der Waals surface area contributed by atoms with E-state index in [1.807, 2.05) is 25.1 Å². The zero-order valence-electron chi connectivity index (χ0n) is 13.5. The Hall–Kier alpha value is -2.08. The van der Waals surface area contributed by atoms with Crippen molar-refractivity contribution in [2.75, 3.05) is 18.5 Å². The normalized spacial score (nSPS) is 17.5. The number of carbonyl (C=O) groups excluding carboxylic acids is 2. The fraction of sp³-hybridized carbons (Fsp3) is 0.500. The molecule has 1 aliphatic heterocycles. The number of likely N-dealkylation sites (N-methyl/N-ethyl adjacent to an activating group) is 1. The van der Waals surface area contributed by atoms with Gasteiger partial charge in [0.25, 0.3) is 5.91 Å². The summed E-state index contributed by atoms with van der Waals surface area (Å²) in [6, 6.07) is 5.43. The third-order valence-corrected chi connectivity index (χ3v) is 3.85. The van der Waals surface area contributed by atoms with E-state index in [1.54, 1.807) is 20.9 Å². The minimum atomic E-state index is -1.00. The largest absolute Gasteiger partial charge is 0.476 e. The van der Waals surface area contributed by atoms with Crippen LogP contribution in [-0.2, 0) is 9.59 Å². The predicted molar refractivity (Wildman–Crippen MR) is 84.8 cm³/mol. The molecule has 1 aromatic rings. The Kier molecular flexibility index (Phi) is 4.42. The lowest BCUT2D eigenvalue weighted by Crippen LogP contribution is -2.54. The summed E-state index contributed by atoms with van der Waals surface area (Å²) in [5.74, 6) is 0.105. The number of ether oxygens (including phenoxy) is 1. The number of benzene rings is 1. The van der Waals surface area contributed by atoms with Gasteiger partial charge in [0.15, 0.2) is 5.60 Å². The van der Waals surface area contributed by atoms with Gasteiger partial charge in [0.2, 0.25) is 5.91 Å².